The number of ether oxygens (including phenoxy) is 3. The summed E-state index contributed by atoms with van der Waals surface area (Å²) in [5.74, 6) is 1.64. The van der Waals surface area contributed by atoms with Crippen LogP contribution in [-0.2, 0) is 4.79 Å². The second kappa shape index (κ2) is 10.0. The lowest BCUT2D eigenvalue weighted by Gasteiger charge is -2.36. The van der Waals surface area contributed by atoms with Crippen LogP contribution in [0.3, 0.4) is 0 Å². The summed E-state index contributed by atoms with van der Waals surface area (Å²) in [6, 6.07) is 20.4. The van der Waals surface area contributed by atoms with E-state index in [0.29, 0.717) is 35.8 Å². The van der Waals surface area contributed by atoms with E-state index >= 15 is 0 Å². The van der Waals surface area contributed by atoms with E-state index in [9.17, 15) is 9.59 Å². The van der Waals surface area contributed by atoms with Gasteiger partial charge in [0.1, 0.15) is 11.5 Å². The average molecular weight is 486 g/mol. The summed E-state index contributed by atoms with van der Waals surface area (Å²) in [6.07, 6.45) is 1.64. The number of methoxy groups -OCH3 is 2. The zero-order chi connectivity index (χ0) is 25.1. The van der Waals surface area contributed by atoms with Crippen molar-refractivity contribution in [2.75, 3.05) is 50.6 Å². The average Bonchev–Trinajstić information content (AvgIpc) is 2.93. The van der Waals surface area contributed by atoms with Gasteiger partial charge in [0.2, 0.25) is 0 Å². The third-order valence-electron chi connectivity index (χ3n) is 6.35. The highest BCUT2D eigenvalue weighted by molar-refractivity contribution is 6.09. The molecule has 0 saturated carbocycles. The minimum Gasteiger partial charge on any atom is -0.497 e. The standard InChI is InChI=1S/C28H27N3O5/c1-34-22-10-8-21(9-11-22)30-13-15-31(16-14-30)28(33)20-7-12-25-23(17-20)29-27(32)26(36-25)18-19-5-3-4-6-24(19)35-2/h3-12,17-18H,13-16H2,1-2H3,(H,29,32). The molecule has 0 bridgehead atoms. The smallest absolute Gasteiger partial charge is 0.291 e. The van der Waals surface area contributed by atoms with Crippen LogP contribution in [0.15, 0.2) is 72.5 Å². The molecule has 8 heteroatoms. The Labute approximate surface area is 209 Å². The molecule has 2 aliphatic rings. The van der Waals surface area contributed by atoms with E-state index < -0.39 is 0 Å². The number of amides is 2. The van der Waals surface area contributed by atoms with Crippen LogP contribution in [0.5, 0.6) is 17.2 Å². The van der Waals surface area contributed by atoms with Gasteiger partial charge in [0, 0.05) is 43.0 Å². The van der Waals surface area contributed by atoms with Gasteiger partial charge >= 0.3 is 0 Å². The Morgan fingerprint density at radius 3 is 2.42 bits per heavy atom. The van der Waals surface area contributed by atoms with E-state index in [4.69, 9.17) is 14.2 Å². The lowest BCUT2D eigenvalue weighted by atomic mass is 10.1. The van der Waals surface area contributed by atoms with Gasteiger partial charge in [-0.3, -0.25) is 9.59 Å². The molecule has 0 aromatic heterocycles. The van der Waals surface area contributed by atoms with Crippen molar-refractivity contribution in [3.8, 4) is 17.2 Å². The van der Waals surface area contributed by atoms with Gasteiger partial charge < -0.3 is 29.3 Å². The van der Waals surface area contributed by atoms with Gasteiger partial charge in [0.05, 0.1) is 19.9 Å². The Kier molecular flexibility index (Phi) is 6.49. The first-order valence-corrected chi connectivity index (χ1v) is 11.7. The van der Waals surface area contributed by atoms with Crippen LogP contribution in [0.1, 0.15) is 15.9 Å². The van der Waals surface area contributed by atoms with E-state index in [-0.39, 0.29) is 17.6 Å². The van der Waals surface area contributed by atoms with Crippen molar-refractivity contribution in [1.29, 1.82) is 0 Å². The molecule has 1 saturated heterocycles. The second-order valence-electron chi connectivity index (χ2n) is 8.49. The summed E-state index contributed by atoms with van der Waals surface area (Å²) >= 11 is 0. The fourth-order valence-electron chi connectivity index (χ4n) is 4.36. The molecule has 1 fully saturated rings. The maximum atomic E-state index is 13.2. The Hall–Kier alpha value is -4.46. The predicted octanol–water partition coefficient (Wildman–Crippen LogP) is 4.04. The maximum absolute atomic E-state index is 13.2. The summed E-state index contributed by atoms with van der Waals surface area (Å²) in [4.78, 5) is 30.0. The lowest BCUT2D eigenvalue weighted by Crippen LogP contribution is -2.48. The molecule has 0 atom stereocenters. The molecular formula is C28H27N3O5. The third kappa shape index (κ3) is 4.70. The highest BCUT2D eigenvalue weighted by atomic mass is 16.5. The number of piperazine rings is 1. The van der Waals surface area contributed by atoms with Crippen molar-refractivity contribution in [1.82, 2.24) is 4.90 Å². The molecule has 0 radical (unpaired) electrons. The number of carbonyl (C=O) groups is 2. The normalized spacial score (nSPS) is 16.2. The minimum absolute atomic E-state index is 0.0724. The number of carbonyl (C=O) groups excluding carboxylic acids is 2. The van der Waals surface area contributed by atoms with E-state index in [1.165, 1.54) is 0 Å². The first-order chi connectivity index (χ1) is 17.6. The molecule has 3 aromatic carbocycles. The summed E-state index contributed by atoms with van der Waals surface area (Å²) < 4.78 is 16.4. The van der Waals surface area contributed by atoms with Gasteiger partial charge in [-0.2, -0.15) is 0 Å². The van der Waals surface area contributed by atoms with Crippen molar-refractivity contribution in [2.24, 2.45) is 0 Å². The van der Waals surface area contributed by atoms with Crippen molar-refractivity contribution >= 4 is 29.3 Å². The van der Waals surface area contributed by atoms with Gasteiger partial charge in [0.15, 0.2) is 11.5 Å². The predicted molar refractivity (Wildman–Crippen MR) is 138 cm³/mol. The van der Waals surface area contributed by atoms with Gasteiger partial charge in [-0.05, 0) is 54.6 Å². The fraction of sp³-hybridized carbons (Fsp3) is 0.214. The molecule has 2 aliphatic heterocycles. The molecule has 0 spiro atoms. The van der Waals surface area contributed by atoms with Gasteiger partial charge in [-0.1, -0.05) is 18.2 Å². The van der Waals surface area contributed by atoms with Crippen LogP contribution in [0, 0.1) is 0 Å². The quantitative estimate of drug-likeness (QED) is 0.550. The zero-order valence-corrected chi connectivity index (χ0v) is 20.2. The van der Waals surface area contributed by atoms with Crippen LogP contribution in [0.25, 0.3) is 6.08 Å². The molecule has 2 amide bonds. The SMILES string of the molecule is COc1ccc(N2CCN(C(=O)c3ccc4c(c3)NC(=O)C(=Cc3ccccc3OC)O4)CC2)cc1. The number of fused-ring (bicyclic) bond motifs is 1. The van der Waals surface area contributed by atoms with Gasteiger partial charge in [-0.15, -0.1) is 0 Å². The van der Waals surface area contributed by atoms with Crippen molar-refractivity contribution in [2.45, 2.75) is 0 Å². The fourth-order valence-corrected chi connectivity index (χ4v) is 4.36. The Morgan fingerprint density at radius 1 is 0.944 bits per heavy atom. The number of para-hydroxylation sites is 1. The van der Waals surface area contributed by atoms with Gasteiger partial charge in [-0.25, -0.2) is 0 Å². The van der Waals surface area contributed by atoms with Crippen molar-refractivity contribution in [3.63, 3.8) is 0 Å². The highest BCUT2D eigenvalue weighted by Crippen LogP contribution is 2.33. The zero-order valence-electron chi connectivity index (χ0n) is 20.2. The molecular weight excluding hydrogens is 458 g/mol. The summed E-state index contributed by atoms with van der Waals surface area (Å²) in [5, 5.41) is 2.84. The Morgan fingerprint density at radius 2 is 1.69 bits per heavy atom. The molecule has 2 heterocycles. The molecule has 0 aliphatic carbocycles. The number of hydrogen-bond acceptors (Lipinski definition) is 6. The summed E-state index contributed by atoms with van der Waals surface area (Å²) in [7, 11) is 3.22. The van der Waals surface area contributed by atoms with Crippen LogP contribution in [0.4, 0.5) is 11.4 Å². The topological polar surface area (TPSA) is 80.3 Å². The van der Waals surface area contributed by atoms with E-state index in [2.05, 4.69) is 10.2 Å². The number of hydrogen-bond donors (Lipinski definition) is 1. The van der Waals surface area contributed by atoms with Crippen molar-refractivity contribution in [3.05, 3.63) is 83.6 Å². The minimum atomic E-state index is -0.383. The maximum Gasteiger partial charge on any atom is 0.291 e. The number of nitrogens with zero attached hydrogens (tertiary/aromatic N) is 2. The molecule has 8 nitrogen and oxygen atoms in total. The van der Waals surface area contributed by atoms with Crippen LogP contribution in [-0.4, -0.2) is 57.1 Å². The largest absolute Gasteiger partial charge is 0.497 e. The first-order valence-electron chi connectivity index (χ1n) is 11.7. The first kappa shape index (κ1) is 23.3. The number of rotatable bonds is 5. The molecule has 184 valence electrons. The Bertz CT molecular complexity index is 1310. The van der Waals surface area contributed by atoms with Crippen LogP contribution in [0.2, 0.25) is 0 Å². The third-order valence-corrected chi connectivity index (χ3v) is 6.35. The summed E-state index contributed by atoms with van der Waals surface area (Å²) in [6.45, 7) is 2.69. The van der Waals surface area contributed by atoms with Crippen LogP contribution < -0.4 is 24.4 Å². The van der Waals surface area contributed by atoms with E-state index in [1.54, 1.807) is 38.5 Å². The second-order valence-corrected chi connectivity index (χ2v) is 8.49. The molecule has 5 rings (SSSR count). The van der Waals surface area contributed by atoms with Gasteiger partial charge in [0.25, 0.3) is 11.8 Å². The number of nitrogens with one attached hydrogen (secondary N) is 1. The summed E-state index contributed by atoms with van der Waals surface area (Å²) in [5.41, 5.74) is 2.82. The van der Waals surface area contributed by atoms with Crippen LogP contribution >= 0.6 is 0 Å². The number of anilines is 2. The molecule has 36 heavy (non-hydrogen) atoms. The molecule has 0 unspecified atom stereocenters. The Balaban J connectivity index is 1.26. The van der Waals surface area contributed by atoms with E-state index in [0.717, 1.165) is 30.1 Å². The number of benzene rings is 3. The van der Waals surface area contributed by atoms with Crippen molar-refractivity contribution < 1.29 is 23.8 Å². The monoisotopic (exact) mass is 485 g/mol. The van der Waals surface area contributed by atoms with E-state index in [1.807, 2.05) is 53.4 Å². The lowest BCUT2D eigenvalue weighted by molar-refractivity contribution is -0.115. The highest BCUT2D eigenvalue weighted by Gasteiger charge is 2.26. The molecule has 1 N–H and O–H groups in total. The molecule has 3 aromatic rings.